The first-order valence-electron chi connectivity index (χ1n) is 7.15. The highest BCUT2D eigenvalue weighted by atomic mass is 19.1. The fraction of sp³-hybridized carbons (Fsp3) is 0.562. The number of ether oxygens (including phenoxy) is 1. The zero-order valence-corrected chi connectivity index (χ0v) is 12.9. The Morgan fingerprint density at radius 1 is 1.24 bits per heavy atom. The first kappa shape index (κ1) is 17.4. The summed E-state index contributed by atoms with van der Waals surface area (Å²) in [7, 11) is 0. The molecule has 0 aliphatic heterocycles. The van der Waals surface area contributed by atoms with E-state index in [2.05, 4.69) is 0 Å². The number of unbranched alkanes of at least 4 members (excludes halogenated alkanes) is 1. The van der Waals surface area contributed by atoms with Gasteiger partial charge in [-0.15, -0.1) is 0 Å². The molecule has 0 aliphatic rings. The van der Waals surface area contributed by atoms with Crippen LogP contribution in [0.2, 0.25) is 0 Å². The molecule has 0 spiro atoms. The van der Waals surface area contributed by atoms with Crippen LogP contribution in [0, 0.1) is 5.82 Å². The van der Waals surface area contributed by atoms with Gasteiger partial charge in [0.2, 0.25) is 0 Å². The number of amides is 1. The lowest BCUT2D eigenvalue weighted by Gasteiger charge is -2.27. The number of rotatable bonds is 6. The van der Waals surface area contributed by atoms with Crippen molar-refractivity contribution in [2.75, 3.05) is 13.2 Å². The van der Waals surface area contributed by atoms with Gasteiger partial charge < -0.3 is 14.7 Å². The Morgan fingerprint density at radius 2 is 1.86 bits per heavy atom. The van der Waals surface area contributed by atoms with Gasteiger partial charge in [0.1, 0.15) is 11.4 Å². The molecular formula is C16H24FNO3. The summed E-state index contributed by atoms with van der Waals surface area (Å²) >= 11 is 0. The molecular weight excluding hydrogens is 273 g/mol. The lowest BCUT2D eigenvalue weighted by Crippen LogP contribution is -2.37. The summed E-state index contributed by atoms with van der Waals surface area (Å²) in [5.41, 5.74) is 0.279. The molecule has 0 aromatic heterocycles. The number of nitrogens with zero attached hydrogens (tertiary/aromatic N) is 1. The molecule has 1 aromatic carbocycles. The van der Waals surface area contributed by atoms with E-state index in [0.717, 1.165) is 5.56 Å². The van der Waals surface area contributed by atoms with Crippen molar-refractivity contribution in [1.82, 2.24) is 4.90 Å². The van der Waals surface area contributed by atoms with Crippen LogP contribution in [-0.2, 0) is 11.3 Å². The maximum atomic E-state index is 12.9. The van der Waals surface area contributed by atoms with Crippen molar-refractivity contribution in [2.24, 2.45) is 0 Å². The molecule has 4 nitrogen and oxygen atoms in total. The molecule has 1 rings (SSSR count). The highest BCUT2D eigenvalue weighted by Gasteiger charge is 2.22. The second-order valence-corrected chi connectivity index (χ2v) is 5.96. The fourth-order valence-electron chi connectivity index (χ4n) is 1.79. The van der Waals surface area contributed by atoms with Crippen molar-refractivity contribution in [2.45, 2.75) is 45.8 Å². The summed E-state index contributed by atoms with van der Waals surface area (Å²) in [5.74, 6) is -0.303. The summed E-state index contributed by atoms with van der Waals surface area (Å²) in [5, 5.41) is 8.85. The van der Waals surface area contributed by atoms with Crippen LogP contribution in [0.25, 0.3) is 0 Å². The van der Waals surface area contributed by atoms with Gasteiger partial charge in [-0.2, -0.15) is 0 Å². The number of hydrogen-bond donors (Lipinski definition) is 1. The average molecular weight is 297 g/mol. The molecule has 0 aliphatic carbocycles. The van der Waals surface area contributed by atoms with Gasteiger partial charge in [-0.25, -0.2) is 9.18 Å². The van der Waals surface area contributed by atoms with Crippen LogP contribution in [0.1, 0.15) is 39.2 Å². The van der Waals surface area contributed by atoms with Crippen molar-refractivity contribution in [3.8, 4) is 0 Å². The van der Waals surface area contributed by atoms with E-state index in [-0.39, 0.29) is 12.4 Å². The average Bonchev–Trinajstić information content (AvgIpc) is 2.38. The number of carbonyl (C=O) groups is 1. The summed E-state index contributed by atoms with van der Waals surface area (Å²) in [4.78, 5) is 13.8. The van der Waals surface area contributed by atoms with Gasteiger partial charge in [0, 0.05) is 19.7 Å². The molecule has 5 heteroatoms. The minimum Gasteiger partial charge on any atom is -0.444 e. The van der Waals surface area contributed by atoms with E-state index in [1.165, 1.54) is 12.1 Å². The van der Waals surface area contributed by atoms with Gasteiger partial charge >= 0.3 is 6.09 Å². The minimum atomic E-state index is -0.560. The van der Waals surface area contributed by atoms with Crippen LogP contribution in [0.15, 0.2) is 24.3 Å². The van der Waals surface area contributed by atoms with E-state index in [0.29, 0.717) is 25.9 Å². The molecule has 0 bridgehead atoms. The first-order chi connectivity index (χ1) is 9.81. The summed E-state index contributed by atoms with van der Waals surface area (Å²) in [6.07, 6.45) is 0.921. The smallest absolute Gasteiger partial charge is 0.410 e. The summed E-state index contributed by atoms with van der Waals surface area (Å²) in [6.45, 7) is 6.39. The number of hydrogen-bond acceptors (Lipinski definition) is 3. The van der Waals surface area contributed by atoms with Crippen molar-refractivity contribution in [3.05, 3.63) is 35.6 Å². The Labute approximate surface area is 125 Å². The molecule has 0 saturated carbocycles. The molecule has 1 amide bonds. The molecule has 0 radical (unpaired) electrons. The van der Waals surface area contributed by atoms with Crippen LogP contribution >= 0.6 is 0 Å². The van der Waals surface area contributed by atoms with Crippen molar-refractivity contribution in [1.29, 1.82) is 0 Å². The number of benzene rings is 1. The predicted octanol–water partition coefficient (Wildman–Crippen LogP) is 3.34. The number of aliphatic hydroxyl groups is 1. The molecule has 1 aromatic rings. The second-order valence-electron chi connectivity index (χ2n) is 5.96. The van der Waals surface area contributed by atoms with Crippen molar-refractivity contribution in [3.63, 3.8) is 0 Å². The third-order valence-electron chi connectivity index (χ3n) is 2.77. The Balaban J connectivity index is 2.71. The van der Waals surface area contributed by atoms with E-state index in [9.17, 15) is 9.18 Å². The van der Waals surface area contributed by atoms with E-state index >= 15 is 0 Å². The molecule has 0 saturated heterocycles. The molecule has 21 heavy (non-hydrogen) atoms. The monoisotopic (exact) mass is 297 g/mol. The lowest BCUT2D eigenvalue weighted by atomic mass is 10.2. The predicted molar refractivity (Wildman–Crippen MR) is 79.4 cm³/mol. The number of carbonyl (C=O) groups excluding carboxylic acids is 1. The topological polar surface area (TPSA) is 49.8 Å². The van der Waals surface area contributed by atoms with Gasteiger partial charge in [-0.1, -0.05) is 12.1 Å². The van der Waals surface area contributed by atoms with Gasteiger partial charge in [0.15, 0.2) is 0 Å². The normalized spacial score (nSPS) is 11.3. The number of aliphatic hydroxyl groups excluding tert-OH is 1. The van der Waals surface area contributed by atoms with Gasteiger partial charge in [0.25, 0.3) is 0 Å². The molecule has 0 heterocycles. The Kier molecular flexibility index (Phi) is 6.62. The Bertz CT molecular complexity index is 440. The molecule has 0 unspecified atom stereocenters. The standard InChI is InChI=1S/C16H24FNO3/c1-16(2,3)21-15(20)18(10-4-5-11-19)12-13-6-8-14(17)9-7-13/h6-9,19H,4-5,10-12H2,1-3H3. The first-order valence-corrected chi connectivity index (χ1v) is 7.15. The third kappa shape index (κ3) is 7.09. The molecule has 1 N–H and O–H groups in total. The molecule has 118 valence electrons. The van der Waals surface area contributed by atoms with Crippen LogP contribution in [-0.4, -0.2) is 34.9 Å². The van der Waals surface area contributed by atoms with Crippen LogP contribution in [0.4, 0.5) is 9.18 Å². The molecule has 0 atom stereocenters. The van der Waals surface area contributed by atoms with E-state index < -0.39 is 11.7 Å². The number of halogens is 1. The summed E-state index contributed by atoms with van der Waals surface area (Å²) in [6, 6.07) is 6.05. The Hall–Kier alpha value is -1.62. The second kappa shape index (κ2) is 7.98. The highest BCUT2D eigenvalue weighted by Crippen LogP contribution is 2.14. The van der Waals surface area contributed by atoms with Gasteiger partial charge in [-0.05, 0) is 51.3 Å². The minimum absolute atomic E-state index is 0.0959. The van der Waals surface area contributed by atoms with Gasteiger partial charge in [0.05, 0.1) is 0 Å². The maximum Gasteiger partial charge on any atom is 0.410 e. The summed E-state index contributed by atoms with van der Waals surface area (Å²) < 4.78 is 18.3. The lowest BCUT2D eigenvalue weighted by molar-refractivity contribution is 0.0228. The van der Waals surface area contributed by atoms with E-state index in [1.807, 2.05) is 20.8 Å². The Morgan fingerprint density at radius 3 is 2.38 bits per heavy atom. The van der Waals surface area contributed by atoms with E-state index in [4.69, 9.17) is 9.84 Å². The van der Waals surface area contributed by atoms with Crippen LogP contribution in [0.3, 0.4) is 0 Å². The van der Waals surface area contributed by atoms with Crippen LogP contribution < -0.4 is 0 Å². The van der Waals surface area contributed by atoms with Crippen molar-refractivity contribution >= 4 is 6.09 Å². The van der Waals surface area contributed by atoms with Crippen LogP contribution in [0.5, 0.6) is 0 Å². The SMILES string of the molecule is CC(C)(C)OC(=O)N(CCCCO)Cc1ccc(F)cc1. The third-order valence-corrected chi connectivity index (χ3v) is 2.77. The van der Waals surface area contributed by atoms with Gasteiger partial charge in [-0.3, -0.25) is 0 Å². The zero-order valence-electron chi connectivity index (χ0n) is 12.9. The zero-order chi connectivity index (χ0) is 15.9. The fourth-order valence-corrected chi connectivity index (χ4v) is 1.79. The van der Waals surface area contributed by atoms with Crippen molar-refractivity contribution < 1.29 is 19.0 Å². The quantitative estimate of drug-likeness (QED) is 0.819. The largest absolute Gasteiger partial charge is 0.444 e. The van der Waals surface area contributed by atoms with E-state index in [1.54, 1.807) is 17.0 Å². The highest BCUT2D eigenvalue weighted by molar-refractivity contribution is 5.68. The maximum absolute atomic E-state index is 12.9. The molecule has 0 fully saturated rings.